The standard InChI is InChI=1S/C6H6N2/c1-2-6(5-8)3-4-7/h2H,3H2,1H3/b6-2+. The van der Waals surface area contributed by atoms with Gasteiger partial charge in [-0.15, -0.1) is 0 Å². The molecule has 0 spiro atoms. The van der Waals surface area contributed by atoms with E-state index < -0.39 is 0 Å². The molecule has 0 unspecified atom stereocenters. The minimum absolute atomic E-state index is 0.229. The van der Waals surface area contributed by atoms with Crippen LogP contribution >= 0.6 is 0 Å². The molecular weight excluding hydrogens is 100 g/mol. The van der Waals surface area contributed by atoms with E-state index >= 15 is 0 Å². The van der Waals surface area contributed by atoms with E-state index in [1.165, 1.54) is 0 Å². The molecule has 0 saturated carbocycles. The molecule has 0 aliphatic heterocycles. The molecule has 0 N–H and O–H groups in total. The van der Waals surface area contributed by atoms with Gasteiger partial charge in [-0.1, -0.05) is 6.08 Å². The molecule has 0 fully saturated rings. The minimum atomic E-state index is 0.229. The van der Waals surface area contributed by atoms with Crippen LogP contribution in [0.3, 0.4) is 0 Å². The van der Waals surface area contributed by atoms with E-state index in [0.29, 0.717) is 5.57 Å². The molecule has 8 heavy (non-hydrogen) atoms. The van der Waals surface area contributed by atoms with Crippen molar-refractivity contribution in [3.8, 4) is 12.1 Å². The zero-order valence-electron chi connectivity index (χ0n) is 4.68. The van der Waals surface area contributed by atoms with E-state index in [1.807, 2.05) is 12.1 Å². The molecule has 0 heterocycles. The highest BCUT2D eigenvalue weighted by Crippen LogP contribution is 1.94. The maximum Gasteiger partial charge on any atom is 0.0954 e. The summed E-state index contributed by atoms with van der Waals surface area (Å²) in [5.74, 6) is 0. The van der Waals surface area contributed by atoms with Crippen molar-refractivity contribution in [1.82, 2.24) is 0 Å². The number of nitrogens with zero attached hydrogens (tertiary/aromatic N) is 2. The second-order valence-corrected chi connectivity index (χ2v) is 1.26. The van der Waals surface area contributed by atoms with Crippen molar-refractivity contribution < 1.29 is 0 Å². The second-order valence-electron chi connectivity index (χ2n) is 1.26. The van der Waals surface area contributed by atoms with Crippen LogP contribution in [0.1, 0.15) is 13.3 Å². The third-order valence-electron chi connectivity index (χ3n) is 0.762. The summed E-state index contributed by atoms with van der Waals surface area (Å²) < 4.78 is 0. The summed E-state index contributed by atoms with van der Waals surface area (Å²) in [5, 5.41) is 16.2. The van der Waals surface area contributed by atoms with Crippen LogP contribution in [-0.4, -0.2) is 0 Å². The maximum atomic E-state index is 8.19. The van der Waals surface area contributed by atoms with E-state index in [4.69, 9.17) is 10.5 Å². The molecule has 0 amide bonds. The van der Waals surface area contributed by atoms with E-state index in [1.54, 1.807) is 13.0 Å². The van der Waals surface area contributed by atoms with Crippen LogP contribution in [0.2, 0.25) is 0 Å². The first-order chi connectivity index (χ1) is 3.85. The SMILES string of the molecule is C/C=C(/C#N)CC#N. The molecule has 0 rings (SSSR count). The summed E-state index contributed by atoms with van der Waals surface area (Å²) in [6.07, 6.45) is 1.87. The summed E-state index contributed by atoms with van der Waals surface area (Å²) in [7, 11) is 0. The predicted octanol–water partition coefficient (Wildman–Crippen LogP) is 1.37. The van der Waals surface area contributed by atoms with Gasteiger partial charge in [-0.25, -0.2) is 0 Å². The van der Waals surface area contributed by atoms with Gasteiger partial charge in [0, 0.05) is 5.57 Å². The maximum absolute atomic E-state index is 8.19. The molecule has 0 radical (unpaired) electrons. The highest BCUT2D eigenvalue weighted by atomic mass is 14.3. The van der Waals surface area contributed by atoms with Crippen molar-refractivity contribution in [2.45, 2.75) is 13.3 Å². The normalized spacial score (nSPS) is 9.62. The molecule has 0 aliphatic rings. The summed E-state index contributed by atoms with van der Waals surface area (Å²) in [5.41, 5.74) is 0.535. The first kappa shape index (κ1) is 6.72. The van der Waals surface area contributed by atoms with Crippen LogP contribution in [0.25, 0.3) is 0 Å². The van der Waals surface area contributed by atoms with Crippen molar-refractivity contribution in [3.63, 3.8) is 0 Å². The fourth-order valence-electron chi connectivity index (χ4n) is 0.291. The van der Waals surface area contributed by atoms with Gasteiger partial charge < -0.3 is 0 Å². The Morgan fingerprint density at radius 2 is 2.25 bits per heavy atom. The molecule has 0 aromatic carbocycles. The minimum Gasteiger partial charge on any atom is -0.198 e. The van der Waals surface area contributed by atoms with Gasteiger partial charge in [-0.2, -0.15) is 10.5 Å². The molecule has 0 bridgehead atoms. The fourth-order valence-corrected chi connectivity index (χ4v) is 0.291. The Labute approximate surface area is 48.7 Å². The lowest BCUT2D eigenvalue weighted by Crippen LogP contribution is -1.71. The summed E-state index contributed by atoms with van der Waals surface area (Å²) in [4.78, 5) is 0. The van der Waals surface area contributed by atoms with E-state index in [9.17, 15) is 0 Å². The zero-order chi connectivity index (χ0) is 6.41. The molecule has 40 valence electrons. The average Bonchev–Trinajstić information content (AvgIpc) is 1.83. The number of allylic oxidation sites excluding steroid dienone is 2. The van der Waals surface area contributed by atoms with Crippen molar-refractivity contribution in [3.05, 3.63) is 11.6 Å². The van der Waals surface area contributed by atoms with Crippen LogP contribution in [0.5, 0.6) is 0 Å². The van der Waals surface area contributed by atoms with Gasteiger partial charge in [-0.05, 0) is 6.92 Å². The van der Waals surface area contributed by atoms with Crippen molar-refractivity contribution in [1.29, 1.82) is 10.5 Å². The van der Waals surface area contributed by atoms with Crippen LogP contribution in [0, 0.1) is 22.7 Å². The number of hydrogen-bond acceptors (Lipinski definition) is 2. The lowest BCUT2D eigenvalue weighted by Gasteiger charge is -1.79. The Kier molecular flexibility index (Phi) is 3.27. The number of rotatable bonds is 1. The van der Waals surface area contributed by atoms with E-state index in [-0.39, 0.29) is 6.42 Å². The highest BCUT2D eigenvalue weighted by molar-refractivity contribution is 5.22. The highest BCUT2D eigenvalue weighted by Gasteiger charge is 1.87. The molecule has 0 aromatic heterocycles. The number of hydrogen-bond donors (Lipinski definition) is 0. The zero-order valence-corrected chi connectivity index (χ0v) is 4.68. The molecular formula is C6H6N2. The molecule has 0 atom stereocenters. The lowest BCUT2D eigenvalue weighted by atomic mass is 10.2. The molecule has 0 aromatic rings. The van der Waals surface area contributed by atoms with Gasteiger partial charge >= 0.3 is 0 Å². The third-order valence-corrected chi connectivity index (χ3v) is 0.762. The molecule has 0 aliphatic carbocycles. The van der Waals surface area contributed by atoms with Gasteiger partial charge in [0.05, 0.1) is 18.6 Å². The van der Waals surface area contributed by atoms with E-state index in [2.05, 4.69) is 0 Å². The Morgan fingerprint density at radius 3 is 2.38 bits per heavy atom. The van der Waals surface area contributed by atoms with Crippen molar-refractivity contribution in [2.24, 2.45) is 0 Å². The molecule has 2 nitrogen and oxygen atoms in total. The average molecular weight is 106 g/mol. The molecule has 0 saturated heterocycles. The topological polar surface area (TPSA) is 47.6 Å². The van der Waals surface area contributed by atoms with E-state index in [0.717, 1.165) is 0 Å². The van der Waals surface area contributed by atoms with Gasteiger partial charge in [0.1, 0.15) is 0 Å². The quantitative estimate of drug-likeness (QED) is 0.474. The first-order valence-corrected chi connectivity index (χ1v) is 2.27. The van der Waals surface area contributed by atoms with Crippen LogP contribution in [0.15, 0.2) is 11.6 Å². The fraction of sp³-hybridized carbons (Fsp3) is 0.333. The summed E-state index contributed by atoms with van der Waals surface area (Å²) in [6.45, 7) is 1.75. The Hall–Kier alpha value is -1.28. The van der Waals surface area contributed by atoms with Crippen LogP contribution in [0.4, 0.5) is 0 Å². The van der Waals surface area contributed by atoms with Gasteiger partial charge in [-0.3, -0.25) is 0 Å². The predicted molar refractivity (Wildman–Crippen MR) is 29.6 cm³/mol. The Balaban J connectivity index is 3.83. The van der Waals surface area contributed by atoms with Crippen molar-refractivity contribution in [2.75, 3.05) is 0 Å². The van der Waals surface area contributed by atoms with Gasteiger partial charge in [0.2, 0.25) is 0 Å². The third kappa shape index (κ3) is 2.00. The Morgan fingerprint density at radius 1 is 1.62 bits per heavy atom. The Bertz CT molecular complexity index is 166. The van der Waals surface area contributed by atoms with Crippen molar-refractivity contribution >= 4 is 0 Å². The largest absolute Gasteiger partial charge is 0.198 e. The summed E-state index contributed by atoms with van der Waals surface area (Å²) >= 11 is 0. The van der Waals surface area contributed by atoms with Crippen LogP contribution < -0.4 is 0 Å². The first-order valence-electron chi connectivity index (χ1n) is 2.27. The number of nitriles is 2. The van der Waals surface area contributed by atoms with Gasteiger partial charge in [0.15, 0.2) is 0 Å². The second kappa shape index (κ2) is 3.89. The molecule has 2 heteroatoms. The summed E-state index contributed by atoms with van der Waals surface area (Å²) in [6, 6.07) is 3.77. The smallest absolute Gasteiger partial charge is 0.0954 e. The lowest BCUT2D eigenvalue weighted by molar-refractivity contribution is 1.26. The van der Waals surface area contributed by atoms with Gasteiger partial charge in [0.25, 0.3) is 0 Å². The van der Waals surface area contributed by atoms with Crippen LogP contribution in [-0.2, 0) is 0 Å². The monoisotopic (exact) mass is 106 g/mol.